The summed E-state index contributed by atoms with van der Waals surface area (Å²) in [7, 11) is 0. The van der Waals surface area contributed by atoms with Gasteiger partial charge in [-0.05, 0) is 13.3 Å². The first-order valence-electron chi connectivity index (χ1n) is 4.35. The number of halogens is 1. The van der Waals surface area contributed by atoms with Crippen LogP contribution in [0.5, 0.6) is 0 Å². The number of nitrogens with one attached hydrogen (secondary N) is 1. The Labute approximate surface area is 87.1 Å². The third-order valence-corrected chi connectivity index (χ3v) is 2.01. The van der Waals surface area contributed by atoms with Crippen LogP contribution < -0.4 is 5.32 Å². The molecule has 0 aliphatic heterocycles. The Bertz CT molecular complexity index is 238. The number of alkyl halides is 1. The predicted molar refractivity (Wildman–Crippen MR) is 58.1 cm³/mol. The largest absolute Gasteiger partial charge is 0.366 e. The molecular formula is C9H14BrN3. The van der Waals surface area contributed by atoms with Crippen LogP contribution in [0.3, 0.4) is 0 Å². The van der Waals surface area contributed by atoms with Crippen LogP contribution in [0.25, 0.3) is 0 Å². The minimum atomic E-state index is 0.408. The van der Waals surface area contributed by atoms with Crippen molar-refractivity contribution >= 4 is 21.7 Å². The highest BCUT2D eigenvalue weighted by molar-refractivity contribution is 9.09. The Morgan fingerprint density at radius 1 is 1.46 bits per heavy atom. The van der Waals surface area contributed by atoms with E-state index < -0.39 is 0 Å². The Kier molecular flexibility index (Phi) is 4.15. The Balaban J connectivity index is 2.41. The molecule has 1 aromatic heterocycles. The highest BCUT2D eigenvalue weighted by atomic mass is 79.9. The summed E-state index contributed by atoms with van der Waals surface area (Å²) in [5, 5.41) is 3.27. The molecule has 1 aromatic rings. The zero-order valence-corrected chi connectivity index (χ0v) is 9.45. The van der Waals surface area contributed by atoms with Gasteiger partial charge in [0.05, 0.1) is 6.20 Å². The SMILES string of the molecule is CC(Br)CC(C)Nc1cnccn1. The molecule has 1 rings (SSSR count). The molecule has 2 unspecified atom stereocenters. The Morgan fingerprint density at radius 3 is 2.77 bits per heavy atom. The average Bonchev–Trinajstić information content (AvgIpc) is 2.04. The monoisotopic (exact) mass is 243 g/mol. The summed E-state index contributed by atoms with van der Waals surface area (Å²) >= 11 is 3.51. The highest BCUT2D eigenvalue weighted by Gasteiger charge is 2.05. The highest BCUT2D eigenvalue weighted by Crippen LogP contribution is 2.10. The van der Waals surface area contributed by atoms with E-state index in [2.05, 4.69) is 45.1 Å². The molecule has 72 valence electrons. The molecule has 2 atom stereocenters. The van der Waals surface area contributed by atoms with Crippen LogP contribution >= 0.6 is 15.9 Å². The van der Waals surface area contributed by atoms with Crippen molar-refractivity contribution in [3.05, 3.63) is 18.6 Å². The number of anilines is 1. The average molecular weight is 244 g/mol. The number of rotatable bonds is 4. The molecule has 0 amide bonds. The van der Waals surface area contributed by atoms with Crippen molar-refractivity contribution in [2.75, 3.05) is 5.32 Å². The second-order valence-corrected chi connectivity index (χ2v) is 4.72. The number of hydrogen-bond donors (Lipinski definition) is 1. The van der Waals surface area contributed by atoms with Crippen LogP contribution in [-0.4, -0.2) is 20.8 Å². The lowest BCUT2D eigenvalue weighted by molar-refractivity contribution is 0.704. The molecule has 0 aliphatic rings. The fourth-order valence-corrected chi connectivity index (χ4v) is 1.73. The van der Waals surface area contributed by atoms with Crippen LogP contribution in [-0.2, 0) is 0 Å². The van der Waals surface area contributed by atoms with Gasteiger partial charge in [0.15, 0.2) is 0 Å². The maximum absolute atomic E-state index is 4.14. The lowest BCUT2D eigenvalue weighted by Gasteiger charge is -2.14. The van der Waals surface area contributed by atoms with E-state index in [1.807, 2.05) is 0 Å². The summed E-state index contributed by atoms with van der Waals surface area (Å²) < 4.78 is 0. The van der Waals surface area contributed by atoms with Gasteiger partial charge >= 0.3 is 0 Å². The van der Waals surface area contributed by atoms with Gasteiger partial charge < -0.3 is 5.32 Å². The normalized spacial score (nSPS) is 15.0. The summed E-state index contributed by atoms with van der Waals surface area (Å²) in [5.74, 6) is 0.836. The quantitative estimate of drug-likeness (QED) is 0.826. The van der Waals surface area contributed by atoms with Crippen molar-refractivity contribution in [2.24, 2.45) is 0 Å². The van der Waals surface area contributed by atoms with E-state index in [1.165, 1.54) is 0 Å². The summed E-state index contributed by atoms with van der Waals surface area (Å²) in [6, 6.07) is 0.408. The van der Waals surface area contributed by atoms with Gasteiger partial charge in [-0.25, -0.2) is 4.98 Å². The topological polar surface area (TPSA) is 37.8 Å². The van der Waals surface area contributed by atoms with Crippen molar-refractivity contribution in [3.8, 4) is 0 Å². The van der Waals surface area contributed by atoms with E-state index in [4.69, 9.17) is 0 Å². The maximum atomic E-state index is 4.14. The van der Waals surface area contributed by atoms with Gasteiger partial charge in [-0.1, -0.05) is 22.9 Å². The molecule has 0 aromatic carbocycles. The van der Waals surface area contributed by atoms with E-state index in [9.17, 15) is 0 Å². The first-order chi connectivity index (χ1) is 6.18. The van der Waals surface area contributed by atoms with Gasteiger partial charge in [-0.15, -0.1) is 0 Å². The number of hydrogen-bond acceptors (Lipinski definition) is 3. The molecule has 13 heavy (non-hydrogen) atoms. The molecule has 4 heteroatoms. The van der Waals surface area contributed by atoms with Crippen molar-refractivity contribution in [3.63, 3.8) is 0 Å². The van der Waals surface area contributed by atoms with E-state index in [0.29, 0.717) is 10.9 Å². The van der Waals surface area contributed by atoms with Gasteiger partial charge in [0.2, 0.25) is 0 Å². The molecule has 0 fully saturated rings. The van der Waals surface area contributed by atoms with E-state index in [-0.39, 0.29) is 0 Å². The fraction of sp³-hybridized carbons (Fsp3) is 0.556. The lowest BCUT2D eigenvalue weighted by Crippen LogP contribution is -2.19. The Morgan fingerprint density at radius 2 is 2.23 bits per heavy atom. The lowest BCUT2D eigenvalue weighted by atomic mass is 10.2. The molecule has 0 bridgehead atoms. The maximum Gasteiger partial charge on any atom is 0.144 e. The smallest absolute Gasteiger partial charge is 0.144 e. The molecule has 0 aliphatic carbocycles. The number of aromatic nitrogens is 2. The molecule has 0 spiro atoms. The molecule has 0 saturated carbocycles. The van der Waals surface area contributed by atoms with Crippen molar-refractivity contribution in [1.82, 2.24) is 9.97 Å². The van der Waals surface area contributed by atoms with Crippen molar-refractivity contribution in [1.29, 1.82) is 0 Å². The zero-order valence-electron chi connectivity index (χ0n) is 7.87. The third kappa shape index (κ3) is 4.22. The Hall–Kier alpha value is -0.640. The molecule has 0 radical (unpaired) electrons. The van der Waals surface area contributed by atoms with Gasteiger partial charge in [0.25, 0.3) is 0 Å². The molecule has 3 nitrogen and oxygen atoms in total. The van der Waals surface area contributed by atoms with Crippen LogP contribution in [0.4, 0.5) is 5.82 Å². The van der Waals surface area contributed by atoms with Crippen LogP contribution in [0, 0.1) is 0 Å². The second-order valence-electron chi connectivity index (χ2n) is 3.15. The minimum Gasteiger partial charge on any atom is -0.366 e. The first kappa shape index (κ1) is 10.4. The van der Waals surface area contributed by atoms with Crippen LogP contribution in [0.15, 0.2) is 18.6 Å². The molecule has 0 saturated heterocycles. The fourth-order valence-electron chi connectivity index (χ4n) is 1.17. The first-order valence-corrected chi connectivity index (χ1v) is 5.26. The predicted octanol–water partition coefficient (Wildman–Crippen LogP) is 2.45. The zero-order chi connectivity index (χ0) is 9.68. The van der Waals surface area contributed by atoms with E-state index >= 15 is 0 Å². The van der Waals surface area contributed by atoms with Crippen LogP contribution in [0.1, 0.15) is 20.3 Å². The number of nitrogens with zero attached hydrogens (tertiary/aromatic N) is 2. The summed E-state index contributed by atoms with van der Waals surface area (Å²) in [6.07, 6.45) is 6.15. The van der Waals surface area contributed by atoms with Crippen molar-refractivity contribution < 1.29 is 0 Å². The van der Waals surface area contributed by atoms with Gasteiger partial charge in [-0.2, -0.15) is 0 Å². The summed E-state index contributed by atoms with van der Waals surface area (Å²) in [5.41, 5.74) is 0. The van der Waals surface area contributed by atoms with Crippen LogP contribution in [0.2, 0.25) is 0 Å². The van der Waals surface area contributed by atoms with Gasteiger partial charge in [0, 0.05) is 23.3 Å². The molecule has 1 N–H and O–H groups in total. The minimum absolute atomic E-state index is 0.408. The summed E-state index contributed by atoms with van der Waals surface area (Å²) in [6.45, 7) is 4.27. The third-order valence-electron chi connectivity index (χ3n) is 1.64. The molecular weight excluding hydrogens is 230 g/mol. The van der Waals surface area contributed by atoms with Gasteiger partial charge in [-0.3, -0.25) is 4.98 Å². The summed E-state index contributed by atoms with van der Waals surface area (Å²) in [4.78, 5) is 8.64. The van der Waals surface area contributed by atoms with Crippen molar-refractivity contribution in [2.45, 2.75) is 31.1 Å². The van der Waals surface area contributed by atoms with E-state index in [1.54, 1.807) is 18.6 Å². The van der Waals surface area contributed by atoms with E-state index in [0.717, 1.165) is 12.2 Å². The molecule has 1 heterocycles. The second kappa shape index (κ2) is 5.17. The van der Waals surface area contributed by atoms with Gasteiger partial charge in [0.1, 0.15) is 5.82 Å². The standard InChI is InChI=1S/C9H14BrN3/c1-7(10)5-8(2)13-9-6-11-3-4-12-9/h3-4,6-8H,5H2,1-2H3,(H,12,13).